The summed E-state index contributed by atoms with van der Waals surface area (Å²) in [5, 5.41) is 0. The Morgan fingerprint density at radius 1 is 1.24 bits per heavy atom. The highest BCUT2D eigenvalue weighted by Crippen LogP contribution is 2.34. The minimum Gasteiger partial charge on any atom is -0.327 e. The predicted octanol–water partition coefficient (Wildman–Crippen LogP) is 3.22. The number of aromatic nitrogens is 2. The molecular formula is C18H23N3. The van der Waals surface area contributed by atoms with Crippen LogP contribution in [-0.4, -0.2) is 16.0 Å². The van der Waals surface area contributed by atoms with E-state index in [1.54, 1.807) is 0 Å². The summed E-state index contributed by atoms with van der Waals surface area (Å²) in [6, 6.07) is 8.90. The number of aryl methyl sites for hydroxylation is 1. The second kappa shape index (κ2) is 6.35. The van der Waals surface area contributed by atoms with Gasteiger partial charge < -0.3 is 5.73 Å². The molecular weight excluding hydrogens is 258 g/mol. The summed E-state index contributed by atoms with van der Waals surface area (Å²) in [7, 11) is 0. The summed E-state index contributed by atoms with van der Waals surface area (Å²) in [4.78, 5) is 9.24. The normalized spacial score (nSPS) is 19.0. The molecule has 1 heterocycles. The molecule has 110 valence electrons. The van der Waals surface area contributed by atoms with Gasteiger partial charge in [0.2, 0.25) is 0 Å². The van der Waals surface area contributed by atoms with Gasteiger partial charge >= 0.3 is 0 Å². The lowest BCUT2D eigenvalue weighted by molar-refractivity contribution is 0.586. The second-order valence-electron chi connectivity index (χ2n) is 5.97. The van der Waals surface area contributed by atoms with E-state index in [4.69, 9.17) is 5.73 Å². The molecule has 0 fully saturated rings. The number of rotatable bonds is 4. The fourth-order valence-corrected chi connectivity index (χ4v) is 3.12. The summed E-state index contributed by atoms with van der Waals surface area (Å²) in [6.07, 6.45) is 9.29. The molecule has 1 aliphatic rings. The number of hydrogen-bond acceptors (Lipinski definition) is 3. The van der Waals surface area contributed by atoms with Gasteiger partial charge in [-0.2, -0.15) is 0 Å². The molecule has 3 nitrogen and oxygen atoms in total. The number of nitrogens with two attached hydrogens (primary N) is 1. The largest absolute Gasteiger partial charge is 0.327 e. The van der Waals surface area contributed by atoms with Crippen LogP contribution in [0.1, 0.15) is 54.6 Å². The first-order valence-electron chi connectivity index (χ1n) is 7.92. The van der Waals surface area contributed by atoms with Crippen molar-refractivity contribution in [2.75, 3.05) is 0 Å². The zero-order chi connectivity index (χ0) is 14.7. The van der Waals surface area contributed by atoms with E-state index < -0.39 is 0 Å². The highest BCUT2D eigenvalue weighted by molar-refractivity contribution is 5.36. The number of hydrogen-bond donors (Lipinski definition) is 1. The van der Waals surface area contributed by atoms with Gasteiger partial charge in [-0.25, -0.2) is 9.97 Å². The van der Waals surface area contributed by atoms with Crippen LogP contribution in [0.2, 0.25) is 0 Å². The van der Waals surface area contributed by atoms with Crippen molar-refractivity contribution in [3.63, 3.8) is 0 Å². The predicted molar refractivity (Wildman–Crippen MR) is 85.2 cm³/mol. The maximum atomic E-state index is 5.99. The zero-order valence-corrected chi connectivity index (χ0v) is 12.6. The van der Waals surface area contributed by atoms with Gasteiger partial charge in [-0.3, -0.25) is 0 Å². The van der Waals surface area contributed by atoms with E-state index >= 15 is 0 Å². The average molecular weight is 281 g/mol. The maximum absolute atomic E-state index is 5.99. The molecule has 0 amide bonds. The highest BCUT2D eigenvalue weighted by atomic mass is 14.9. The van der Waals surface area contributed by atoms with Crippen LogP contribution in [0.4, 0.5) is 0 Å². The lowest BCUT2D eigenvalue weighted by Crippen LogP contribution is -2.21. The van der Waals surface area contributed by atoms with E-state index in [1.807, 2.05) is 12.4 Å². The Morgan fingerprint density at radius 2 is 2.00 bits per heavy atom. The Kier molecular flexibility index (Phi) is 4.30. The van der Waals surface area contributed by atoms with Crippen molar-refractivity contribution in [3.8, 4) is 0 Å². The maximum Gasteiger partial charge on any atom is 0.135 e. The third-order valence-corrected chi connectivity index (χ3v) is 4.43. The van der Waals surface area contributed by atoms with Crippen molar-refractivity contribution in [1.82, 2.24) is 9.97 Å². The Bertz CT molecular complexity index is 592. The third kappa shape index (κ3) is 3.13. The molecule has 1 aromatic heterocycles. The van der Waals surface area contributed by atoms with E-state index in [1.165, 1.54) is 24.0 Å². The quantitative estimate of drug-likeness (QED) is 0.936. The van der Waals surface area contributed by atoms with Crippen LogP contribution >= 0.6 is 0 Å². The van der Waals surface area contributed by atoms with Gasteiger partial charge in [0.05, 0.1) is 0 Å². The first-order chi connectivity index (χ1) is 10.3. The van der Waals surface area contributed by atoms with Crippen molar-refractivity contribution >= 4 is 0 Å². The summed E-state index contributed by atoms with van der Waals surface area (Å²) in [5.74, 6) is 1.31. The van der Waals surface area contributed by atoms with Crippen LogP contribution in [-0.2, 0) is 12.8 Å². The molecule has 21 heavy (non-hydrogen) atoms. The fourth-order valence-electron chi connectivity index (χ4n) is 3.12. The SMILES string of the molecule is CCC(N)Cc1cnc(C2CCCc3ccccc32)nc1. The molecule has 0 bridgehead atoms. The molecule has 3 rings (SSSR count). The van der Waals surface area contributed by atoms with Gasteiger partial charge in [0.25, 0.3) is 0 Å². The van der Waals surface area contributed by atoms with Crippen LogP contribution in [0.25, 0.3) is 0 Å². The van der Waals surface area contributed by atoms with Gasteiger partial charge in [-0.05, 0) is 48.8 Å². The van der Waals surface area contributed by atoms with Crippen molar-refractivity contribution in [3.05, 3.63) is 59.2 Å². The first kappa shape index (κ1) is 14.2. The number of fused-ring (bicyclic) bond motifs is 1. The highest BCUT2D eigenvalue weighted by Gasteiger charge is 2.23. The molecule has 3 heteroatoms. The standard InChI is InChI=1S/C18H23N3/c1-2-15(19)10-13-11-20-18(21-12-13)17-9-5-7-14-6-3-4-8-16(14)17/h3-4,6,8,11-12,15,17H,2,5,7,9-10,19H2,1H3. The van der Waals surface area contributed by atoms with Crippen LogP contribution in [0.5, 0.6) is 0 Å². The van der Waals surface area contributed by atoms with Crippen LogP contribution in [0.3, 0.4) is 0 Å². The molecule has 2 atom stereocenters. The molecule has 2 aromatic rings. The minimum absolute atomic E-state index is 0.204. The monoisotopic (exact) mass is 281 g/mol. The molecule has 0 saturated heterocycles. The van der Waals surface area contributed by atoms with Gasteiger partial charge in [-0.15, -0.1) is 0 Å². The first-order valence-corrected chi connectivity index (χ1v) is 7.92. The topological polar surface area (TPSA) is 51.8 Å². The molecule has 2 unspecified atom stereocenters. The van der Waals surface area contributed by atoms with Crippen LogP contribution in [0, 0.1) is 0 Å². The van der Waals surface area contributed by atoms with E-state index in [-0.39, 0.29) is 6.04 Å². The molecule has 0 saturated carbocycles. The van der Waals surface area contributed by atoms with Crippen LogP contribution in [0.15, 0.2) is 36.7 Å². The van der Waals surface area contributed by atoms with Crippen molar-refractivity contribution in [2.45, 2.75) is 51.0 Å². The Balaban J connectivity index is 1.82. The van der Waals surface area contributed by atoms with Gasteiger partial charge in [0.1, 0.15) is 5.82 Å². The van der Waals surface area contributed by atoms with Crippen molar-refractivity contribution in [2.24, 2.45) is 5.73 Å². The van der Waals surface area contributed by atoms with E-state index in [0.29, 0.717) is 5.92 Å². The van der Waals surface area contributed by atoms with E-state index in [0.717, 1.165) is 30.7 Å². The fraction of sp³-hybridized carbons (Fsp3) is 0.444. The van der Waals surface area contributed by atoms with E-state index in [2.05, 4.69) is 41.2 Å². The molecule has 1 aromatic carbocycles. The summed E-state index contributed by atoms with van der Waals surface area (Å²) in [5.41, 5.74) is 9.99. The molecule has 0 spiro atoms. The lowest BCUT2D eigenvalue weighted by atomic mass is 9.82. The summed E-state index contributed by atoms with van der Waals surface area (Å²) >= 11 is 0. The number of nitrogens with zero attached hydrogens (tertiary/aromatic N) is 2. The Morgan fingerprint density at radius 3 is 2.76 bits per heavy atom. The van der Waals surface area contributed by atoms with Crippen LogP contribution < -0.4 is 5.73 Å². The zero-order valence-electron chi connectivity index (χ0n) is 12.6. The smallest absolute Gasteiger partial charge is 0.135 e. The minimum atomic E-state index is 0.204. The molecule has 2 N–H and O–H groups in total. The number of benzene rings is 1. The Labute approximate surface area is 126 Å². The lowest BCUT2D eigenvalue weighted by Gasteiger charge is -2.24. The van der Waals surface area contributed by atoms with E-state index in [9.17, 15) is 0 Å². The second-order valence-corrected chi connectivity index (χ2v) is 5.97. The van der Waals surface area contributed by atoms with Gasteiger partial charge in [-0.1, -0.05) is 31.2 Å². The Hall–Kier alpha value is -1.74. The van der Waals surface area contributed by atoms with Gasteiger partial charge in [0, 0.05) is 24.4 Å². The molecule has 0 radical (unpaired) electrons. The molecule has 0 aliphatic heterocycles. The molecule has 1 aliphatic carbocycles. The average Bonchev–Trinajstić information content (AvgIpc) is 2.55. The third-order valence-electron chi connectivity index (χ3n) is 4.43. The van der Waals surface area contributed by atoms with Gasteiger partial charge in [0.15, 0.2) is 0 Å². The summed E-state index contributed by atoms with van der Waals surface area (Å²) in [6.45, 7) is 2.11. The van der Waals surface area contributed by atoms with Crippen molar-refractivity contribution in [1.29, 1.82) is 0 Å². The van der Waals surface area contributed by atoms with Crippen molar-refractivity contribution < 1.29 is 0 Å². The summed E-state index contributed by atoms with van der Waals surface area (Å²) < 4.78 is 0.